The fourth-order valence-corrected chi connectivity index (χ4v) is 5.75. The van der Waals surface area contributed by atoms with Crippen molar-refractivity contribution in [3.8, 4) is 0 Å². The van der Waals surface area contributed by atoms with Gasteiger partial charge in [0.25, 0.3) is 0 Å². The SMILES string of the molecule is CC(C)(C=O)C/C=C1/C(=O)OC[C@H]1[Si](C)(C)c1ccccc1. The van der Waals surface area contributed by atoms with Gasteiger partial charge < -0.3 is 9.53 Å². The second-order valence-electron chi connectivity index (χ2n) is 7.21. The molecule has 0 aromatic heterocycles. The van der Waals surface area contributed by atoms with Crippen LogP contribution in [0.3, 0.4) is 0 Å². The van der Waals surface area contributed by atoms with Crippen molar-refractivity contribution in [2.45, 2.75) is 38.9 Å². The summed E-state index contributed by atoms with van der Waals surface area (Å²) >= 11 is 0. The summed E-state index contributed by atoms with van der Waals surface area (Å²) in [6.45, 7) is 8.76. The Balaban J connectivity index is 2.31. The predicted molar refractivity (Wildman–Crippen MR) is 90.8 cm³/mol. The van der Waals surface area contributed by atoms with Crippen LogP contribution in [0.5, 0.6) is 0 Å². The molecule has 0 radical (unpaired) electrons. The molecule has 1 saturated heterocycles. The molecule has 3 nitrogen and oxygen atoms in total. The zero-order chi connectivity index (χ0) is 16.4. The molecular weight excluding hydrogens is 292 g/mol. The van der Waals surface area contributed by atoms with Crippen LogP contribution >= 0.6 is 0 Å². The Morgan fingerprint density at radius 2 is 1.91 bits per heavy atom. The summed E-state index contributed by atoms with van der Waals surface area (Å²) < 4.78 is 5.32. The topological polar surface area (TPSA) is 43.4 Å². The highest BCUT2D eigenvalue weighted by Crippen LogP contribution is 2.37. The van der Waals surface area contributed by atoms with Gasteiger partial charge in [-0.05, 0) is 6.42 Å². The number of cyclic esters (lactones) is 1. The molecule has 1 aromatic rings. The summed E-state index contributed by atoms with van der Waals surface area (Å²) in [5, 5.41) is 1.32. The average Bonchev–Trinajstić information content (AvgIpc) is 2.88. The third-order valence-electron chi connectivity index (χ3n) is 4.55. The molecule has 0 bridgehead atoms. The van der Waals surface area contributed by atoms with E-state index in [9.17, 15) is 9.59 Å². The highest BCUT2D eigenvalue weighted by Gasteiger charge is 2.43. The van der Waals surface area contributed by atoms with Crippen LogP contribution in [0.1, 0.15) is 20.3 Å². The van der Waals surface area contributed by atoms with Crippen molar-refractivity contribution in [1.29, 1.82) is 0 Å². The maximum atomic E-state index is 12.1. The van der Waals surface area contributed by atoms with Crippen molar-refractivity contribution in [3.63, 3.8) is 0 Å². The Morgan fingerprint density at radius 1 is 1.27 bits per heavy atom. The van der Waals surface area contributed by atoms with Crippen LogP contribution in [0.4, 0.5) is 0 Å². The number of ether oxygens (including phenoxy) is 1. The lowest BCUT2D eigenvalue weighted by molar-refractivity contribution is -0.135. The number of benzene rings is 1. The van der Waals surface area contributed by atoms with Crippen LogP contribution in [0.15, 0.2) is 42.0 Å². The number of hydrogen-bond donors (Lipinski definition) is 0. The lowest BCUT2D eigenvalue weighted by Crippen LogP contribution is -2.46. The second kappa shape index (κ2) is 6.21. The minimum absolute atomic E-state index is 0.143. The number of allylic oxidation sites excluding steroid dienone is 1. The van der Waals surface area contributed by atoms with Gasteiger partial charge in [-0.2, -0.15) is 0 Å². The van der Waals surface area contributed by atoms with Crippen molar-refractivity contribution < 1.29 is 14.3 Å². The molecule has 2 rings (SSSR count). The van der Waals surface area contributed by atoms with E-state index in [1.807, 2.05) is 38.1 Å². The maximum Gasteiger partial charge on any atom is 0.333 e. The van der Waals surface area contributed by atoms with E-state index in [2.05, 4.69) is 25.2 Å². The molecule has 1 aliphatic heterocycles. The monoisotopic (exact) mass is 316 g/mol. The van der Waals surface area contributed by atoms with Crippen LogP contribution < -0.4 is 5.19 Å². The summed E-state index contributed by atoms with van der Waals surface area (Å²) in [5.41, 5.74) is 0.457. The molecule has 1 heterocycles. The molecule has 1 aliphatic rings. The third kappa shape index (κ3) is 3.38. The molecule has 0 saturated carbocycles. The summed E-state index contributed by atoms with van der Waals surface area (Å²) in [7, 11) is -1.86. The first-order valence-electron chi connectivity index (χ1n) is 7.67. The normalized spacial score (nSPS) is 21.0. The highest BCUT2D eigenvalue weighted by atomic mass is 28.3. The van der Waals surface area contributed by atoms with Crippen molar-refractivity contribution in [3.05, 3.63) is 42.0 Å². The van der Waals surface area contributed by atoms with E-state index in [1.54, 1.807) is 0 Å². The van der Waals surface area contributed by atoms with Gasteiger partial charge in [-0.3, -0.25) is 0 Å². The number of esters is 1. The molecule has 22 heavy (non-hydrogen) atoms. The van der Waals surface area contributed by atoms with Crippen molar-refractivity contribution in [1.82, 2.24) is 0 Å². The van der Waals surface area contributed by atoms with Gasteiger partial charge >= 0.3 is 5.97 Å². The van der Waals surface area contributed by atoms with Gasteiger partial charge in [0.15, 0.2) is 0 Å². The first-order chi connectivity index (χ1) is 10.3. The molecule has 1 aromatic carbocycles. The third-order valence-corrected chi connectivity index (χ3v) is 8.59. The van der Waals surface area contributed by atoms with Gasteiger partial charge in [0, 0.05) is 16.5 Å². The number of carbonyl (C=O) groups is 2. The van der Waals surface area contributed by atoms with Gasteiger partial charge in [-0.15, -0.1) is 0 Å². The van der Waals surface area contributed by atoms with Crippen LogP contribution in [0.25, 0.3) is 0 Å². The first kappa shape index (κ1) is 16.7. The summed E-state index contributed by atoms with van der Waals surface area (Å²) in [6, 6.07) is 10.4. The molecule has 4 heteroatoms. The van der Waals surface area contributed by atoms with Gasteiger partial charge in [-0.25, -0.2) is 4.79 Å². The lowest BCUT2D eigenvalue weighted by Gasteiger charge is -2.29. The Morgan fingerprint density at radius 3 is 2.50 bits per heavy atom. The number of hydrogen-bond acceptors (Lipinski definition) is 3. The Hall–Kier alpha value is -1.68. The molecule has 1 fully saturated rings. The smallest absolute Gasteiger partial charge is 0.333 e. The fourth-order valence-electron chi connectivity index (χ4n) is 2.79. The van der Waals surface area contributed by atoms with Crippen molar-refractivity contribution in [2.24, 2.45) is 5.41 Å². The molecule has 118 valence electrons. The van der Waals surface area contributed by atoms with Crippen LogP contribution in [-0.2, 0) is 14.3 Å². The van der Waals surface area contributed by atoms with E-state index in [0.29, 0.717) is 13.0 Å². The van der Waals surface area contributed by atoms with E-state index in [1.165, 1.54) is 5.19 Å². The first-order valence-corrected chi connectivity index (χ1v) is 10.7. The second-order valence-corrected chi connectivity index (χ2v) is 11.9. The van der Waals surface area contributed by atoms with E-state index in [-0.39, 0.29) is 11.5 Å². The minimum Gasteiger partial charge on any atom is -0.462 e. The molecule has 0 unspecified atom stereocenters. The maximum absolute atomic E-state index is 12.1. The Kier molecular flexibility index (Phi) is 4.71. The number of aldehydes is 1. The molecule has 0 amide bonds. The standard InChI is InChI=1S/C18H24O3Si/c1-18(2,13-19)11-10-15-16(12-21-17(15)20)22(3,4)14-8-6-5-7-9-14/h5-10,13,16H,11-12H2,1-4H3/b15-10+/t16-/m1/s1. The van der Waals surface area contributed by atoms with Crippen LogP contribution in [0, 0.1) is 5.41 Å². The van der Waals surface area contributed by atoms with Crippen LogP contribution in [-0.4, -0.2) is 26.9 Å². The quantitative estimate of drug-likeness (QED) is 0.363. The Bertz CT molecular complexity index is 588. The van der Waals surface area contributed by atoms with Gasteiger partial charge in [-0.1, -0.05) is 68.5 Å². The van der Waals surface area contributed by atoms with E-state index in [0.717, 1.165) is 11.9 Å². The van der Waals surface area contributed by atoms with E-state index < -0.39 is 13.5 Å². The molecule has 0 N–H and O–H groups in total. The molecular formula is C18H24O3Si. The highest BCUT2D eigenvalue weighted by molar-refractivity contribution is 6.92. The molecule has 0 aliphatic carbocycles. The van der Waals surface area contributed by atoms with Gasteiger partial charge in [0.05, 0.1) is 14.7 Å². The zero-order valence-electron chi connectivity index (χ0n) is 13.8. The summed E-state index contributed by atoms with van der Waals surface area (Å²) in [4.78, 5) is 23.2. The average molecular weight is 316 g/mol. The Labute approximate surface area is 133 Å². The number of rotatable bonds is 5. The predicted octanol–water partition coefficient (Wildman–Crippen LogP) is 3.07. The number of carbonyl (C=O) groups excluding carboxylic acids is 2. The van der Waals surface area contributed by atoms with Crippen molar-refractivity contribution in [2.75, 3.05) is 6.61 Å². The minimum atomic E-state index is -1.86. The summed E-state index contributed by atoms with van der Waals surface area (Å²) in [5.74, 6) is -0.219. The van der Waals surface area contributed by atoms with E-state index in [4.69, 9.17) is 4.74 Å². The zero-order valence-corrected chi connectivity index (χ0v) is 14.8. The summed E-state index contributed by atoms with van der Waals surface area (Å²) in [6.07, 6.45) is 3.43. The largest absolute Gasteiger partial charge is 0.462 e. The van der Waals surface area contributed by atoms with E-state index >= 15 is 0 Å². The molecule has 0 spiro atoms. The van der Waals surface area contributed by atoms with Crippen molar-refractivity contribution >= 4 is 25.5 Å². The van der Waals surface area contributed by atoms with Gasteiger partial charge in [0.1, 0.15) is 6.29 Å². The molecule has 1 atom stereocenters. The van der Waals surface area contributed by atoms with Gasteiger partial charge in [0.2, 0.25) is 0 Å². The fraction of sp³-hybridized carbons (Fsp3) is 0.444. The van der Waals surface area contributed by atoms with Crippen LogP contribution in [0.2, 0.25) is 18.6 Å². The lowest BCUT2D eigenvalue weighted by atomic mass is 9.90.